The molecule has 2 aliphatic rings. The number of aliphatic carboxylic acids is 1. The van der Waals surface area contributed by atoms with E-state index in [1.807, 2.05) is 0 Å². The monoisotopic (exact) mass is 254 g/mol. The van der Waals surface area contributed by atoms with Crippen LogP contribution >= 0.6 is 0 Å². The molecular formula is C14H26N2O2. The zero-order valence-corrected chi connectivity index (χ0v) is 11.6. The zero-order chi connectivity index (χ0) is 13.1. The molecule has 4 heteroatoms. The Balaban J connectivity index is 1.90. The van der Waals surface area contributed by atoms with E-state index in [0.29, 0.717) is 18.5 Å². The number of rotatable bonds is 6. The standard InChI is InChI=1S/C14H26N2O2/c1-11(2)16(7-3-4-14(17)18)13-6-9-15-8-5-12(13)10-15/h11-13H,3-10H2,1-2H3,(H,17,18). The highest BCUT2D eigenvalue weighted by atomic mass is 16.4. The second-order valence-corrected chi connectivity index (χ2v) is 6.03. The van der Waals surface area contributed by atoms with E-state index in [4.69, 9.17) is 5.11 Å². The van der Waals surface area contributed by atoms with Crippen LogP contribution in [-0.4, -0.2) is 59.1 Å². The molecule has 1 N–H and O–H groups in total. The fourth-order valence-corrected chi connectivity index (χ4v) is 3.59. The van der Waals surface area contributed by atoms with Crippen LogP contribution in [0, 0.1) is 5.92 Å². The van der Waals surface area contributed by atoms with E-state index in [-0.39, 0.29) is 0 Å². The van der Waals surface area contributed by atoms with Crippen molar-refractivity contribution in [3.63, 3.8) is 0 Å². The van der Waals surface area contributed by atoms with Crippen LogP contribution < -0.4 is 0 Å². The van der Waals surface area contributed by atoms with Crippen LogP contribution in [0.5, 0.6) is 0 Å². The first-order valence-corrected chi connectivity index (χ1v) is 7.28. The number of carboxylic acids is 1. The minimum Gasteiger partial charge on any atom is -0.481 e. The van der Waals surface area contributed by atoms with Crippen LogP contribution in [0.4, 0.5) is 0 Å². The molecule has 2 bridgehead atoms. The molecule has 2 saturated heterocycles. The van der Waals surface area contributed by atoms with Crippen molar-refractivity contribution in [2.24, 2.45) is 5.92 Å². The van der Waals surface area contributed by atoms with E-state index in [1.54, 1.807) is 0 Å². The highest BCUT2D eigenvalue weighted by Crippen LogP contribution is 2.31. The summed E-state index contributed by atoms with van der Waals surface area (Å²) in [7, 11) is 0. The topological polar surface area (TPSA) is 43.8 Å². The summed E-state index contributed by atoms with van der Waals surface area (Å²) in [6.45, 7) is 9.16. The van der Waals surface area contributed by atoms with Gasteiger partial charge in [0, 0.05) is 25.0 Å². The summed E-state index contributed by atoms with van der Waals surface area (Å²) in [5, 5.41) is 8.75. The van der Waals surface area contributed by atoms with Gasteiger partial charge < -0.3 is 10.0 Å². The van der Waals surface area contributed by atoms with E-state index in [1.165, 1.54) is 32.5 Å². The van der Waals surface area contributed by atoms with Crippen molar-refractivity contribution in [3.8, 4) is 0 Å². The molecule has 0 aromatic rings. The molecule has 0 radical (unpaired) electrons. The first-order valence-electron chi connectivity index (χ1n) is 7.28. The van der Waals surface area contributed by atoms with Crippen LogP contribution in [0.3, 0.4) is 0 Å². The van der Waals surface area contributed by atoms with Crippen LogP contribution in [0.1, 0.15) is 39.5 Å². The summed E-state index contributed by atoms with van der Waals surface area (Å²) in [5.74, 6) is 0.139. The van der Waals surface area contributed by atoms with Gasteiger partial charge in [0.1, 0.15) is 0 Å². The van der Waals surface area contributed by atoms with Crippen LogP contribution in [0.15, 0.2) is 0 Å². The summed E-state index contributed by atoms with van der Waals surface area (Å²) in [6, 6.07) is 1.20. The molecule has 4 nitrogen and oxygen atoms in total. The van der Waals surface area contributed by atoms with Gasteiger partial charge in [-0.15, -0.1) is 0 Å². The quantitative estimate of drug-likeness (QED) is 0.783. The maximum absolute atomic E-state index is 10.6. The molecule has 18 heavy (non-hydrogen) atoms. The molecule has 2 rings (SSSR count). The van der Waals surface area contributed by atoms with Crippen molar-refractivity contribution in [2.45, 2.75) is 51.6 Å². The highest BCUT2D eigenvalue weighted by molar-refractivity contribution is 5.66. The molecule has 0 amide bonds. The lowest BCUT2D eigenvalue weighted by atomic mass is 9.91. The Kier molecular flexibility index (Phi) is 4.62. The number of hydrogen-bond acceptors (Lipinski definition) is 3. The lowest BCUT2D eigenvalue weighted by Gasteiger charge is -2.41. The number of piperidine rings is 1. The second-order valence-electron chi connectivity index (χ2n) is 6.03. The van der Waals surface area contributed by atoms with E-state index >= 15 is 0 Å². The average molecular weight is 254 g/mol. The lowest BCUT2D eigenvalue weighted by molar-refractivity contribution is -0.137. The Labute approximate surface area is 110 Å². The first-order chi connectivity index (χ1) is 8.58. The van der Waals surface area contributed by atoms with Gasteiger partial charge in [0.25, 0.3) is 0 Å². The van der Waals surface area contributed by atoms with Crippen molar-refractivity contribution in [3.05, 3.63) is 0 Å². The zero-order valence-electron chi connectivity index (χ0n) is 11.6. The van der Waals surface area contributed by atoms with Crippen molar-refractivity contribution >= 4 is 5.97 Å². The third kappa shape index (κ3) is 3.23. The third-order valence-electron chi connectivity index (χ3n) is 4.49. The summed E-state index contributed by atoms with van der Waals surface area (Å²) in [4.78, 5) is 15.7. The maximum Gasteiger partial charge on any atom is 0.303 e. The smallest absolute Gasteiger partial charge is 0.303 e. The van der Waals surface area contributed by atoms with Gasteiger partial charge in [0.15, 0.2) is 0 Å². The first kappa shape index (κ1) is 13.8. The minimum atomic E-state index is -0.672. The van der Waals surface area contributed by atoms with Gasteiger partial charge in [-0.1, -0.05) is 0 Å². The van der Waals surface area contributed by atoms with Gasteiger partial charge in [-0.2, -0.15) is 0 Å². The Hall–Kier alpha value is -0.610. The molecular weight excluding hydrogens is 228 g/mol. The number of carbonyl (C=O) groups is 1. The summed E-state index contributed by atoms with van der Waals surface area (Å²) < 4.78 is 0. The summed E-state index contributed by atoms with van der Waals surface area (Å²) in [6.07, 6.45) is 3.66. The molecule has 0 aromatic carbocycles. The molecule has 104 valence electrons. The largest absolute Gasteiger partial charge is 0.481 e. The molecule has 2 aliphatic heterocycles. The van der Waals surface area contributed by atoms with Crippen molar-refractivity contribution in [1.29, 1.82) is 0 Å². The van der Waals surface area contributed by atoms with E-state index in [9.17, 15) is 4.79 Å². The van der Waals surface area contributed by atoms with E-state index < -0.39 is 5.97 Å². The Morgan fingerprint density at radius 1 is 1.39 bits per heavy atom. The van der Waals surface area contributed by atoms with E-state index in [2.05, 4.69) is 23.6 Å². The second kappa shape index (κ2) is 6.02. The van der Waals surface area contributed by atoms with Crippen LogP contribution in [0.2, 0.25) is 0 Å². The SMILES string of the molecule is CC(C)N(CCCC(=O)O)C1CCN2CCC1C2. The van der Waals surface area contributed by atoms with Gasteiger partial charge in [-0.25, -0.2) is 0 Å². The number of hydrogen-bond donors (Lipinski definition) is 1. The van der Waals surface area contributed by atoms with Gasteiger partial charge in [0.2, 0.25) is 0 Å². The Morgan fingerprint density at radius 3 is 2.78 bits per heavy atom. The number of carboxylic acid groups (broad SMARTS) is 1. The molecule has 0 aromatic heterocycles. The average Bonchev–Trinajstić information content (AvgIpc) is 2.68. The predicted molar refractivity (Wildman–Crippen MR) is 71.7 cm³/mol. The van der Waals surface area contributed by atoms with E-state index in [0.717, 1.165) is 18.9 Å². The fourth-order valence-electron chi connectivity index (χ4n) is 3.59. The van der Waals surface area contributed by atoms with Crippen molar-refractivity contribution in [2.75, 3.05) is 26.2 Å². The molecule has 0 aliphatic carbocycles. The summed E-state index contributed by atoms with van der Waals surface area (Å²) in [5.41, 5.74) is 0. The molecule has 2 heterocycles. The third-order valence-corrected chi connectivity index (χ3v) is 4.49. The molecule has 3 atom stereocenters. The highest BCUT2D eigenvalue weighted by Gasteiger charge is 2.37. The maximum atomic E-state index is 10.6. The minimum absolute atomic E-state index is 0.298. The lowest BCUT2D eigenvalue weighted by Crippen LogP contribution is -2.49. The van der Waals surface area contributed by atoms with Crippen molar-refractivity contribution in [1.82, 2.24) is 9.80 Å². The molecule has 0 saturated carbocycles. The Bertz CT molecular complexity index is 294. The number of fused-ring (bicyclic) bond motifs is 2. The Morgan fingerprint density at radius 2 is 2.11 bits per heavy atom. The van der Waals surface area contributed by atoms with Gasteiger partial charge >= 0.3 is 5.97 Å². The molecule has 3 unspecified atom stereocenters. The fraction of sp³-hybridized carbons (Fsp3) is 0.929. The number of nitrogens with zero attached hydrogens (tertiary/aromatic N) is 2. The molecule has 2 fully saturated rings. The molecule has 0 spiro atoms. The van der Waals surface area contributed by atoms with Crippen LogP contribution in [0.25, 0.3) is 0 Å². The van der Waals surface area contributed by atoms with Crippen LogP contribution in [-0.2, 0) is 4.79 Å². The van der Waals surface area contributed by atoms with Gasteiger partial charge in [-0.05, 0) is 58.7 Å². The van der Waals surface area contributed by atoms with Gasteiger partial charge in [-0.3, -0.25) is 9.69 Å². The van der Waals surface area contributed by atoms with Crippen molar-refractivity contribution < 1.29 is 9.90 Å². The predicted octanol–water partition coefficient (Wildman–Crippen LogP) is 1.66. The summed E-state index contributed by atoms with van der Waals surface area (Å²) >= 11 is 0. The van der Waals surface area contributed by atoms with Gasteiger partial charge in [0.05, 0.1) is 0 Å². The normalized spacial score (nSPS) is 31.2.